The highest BCUT2D eigenvalue weighted by Crippen LogP contribution is 2.65. The van der Waals surface area contributed by atoms with Crippen LogP contribution in [0.3, 0.4) is 0 Å². The second-order valence-electron chi connectivity index (χ2n) is 11.9. The molecule has 4 atom stereocenters. The summed E-state index contributed by atoms with van der Waals surface area (Å²) in [5, 5.41) is 13.7. The van der Waals surface area contributed by atoms with E-state index >= 15 is 0 Å². The second-order valence-corrected chi connectivity index (χ2v) is 12.3. The zero-order chi connectivity index (χ0) is 26.9. The maximum absolute atomic E-state index is 12.9. The van der Waals surface area contributed by atoms with Crippen molar-refractivity contribution in [3.63, 3.8) is 0 Å². The summed E-state index contributed by atoms with van der Waals surface area (Å²) in [6.07, 6.45) is 8.76. The quantitative estimate of drug-likeness (QED) is 0.300. The molecule has 1 aromatic carbocycles. The third kappa shape index (κ3) is 5.30. The summed E-state index contributed by atoms with van der Waals surface area (Å²) in [6.45, 7) is 8.26. The maximum Gasteiger partial charge on any atom is 0.229 e. The molecule has 4 saturated carbocycles. The molecule has 0 spiro atoms. The van der Waals surface area contributed by atoms with Crippen molar-refractivity contribution in [3.8, 4) is 5.75 Å². The Kier molecular flexibility index (Phi) is 7.74. The van der Waals surface area contributed by atoms with Crippen LogP contribution in [-0.2, 0) is 4.79 Å². The number of nitrogens with zero attached hydrogens (tertiary/aromatic N) is 2. The zero-order valence-corrected chi connectivity index (χ0v) is 23.7. The number of fused-ring (bicyclic) bond motifs is 2. The molecule has 1 heterocycles. The molecule has 9 heteroatoms. The summed E-state index contributed by atoms with van der Waals surface area (Å²) >= 11 is 6.56. The van der Waals surface area contributed by atoms with E-state index in [0.29, 0.717) is 41.3 Å². The van der Waals surface area contributed by atoms with Crippen LogP contribution in [0.4, 0.5) is 17.5 Å². The molecular weight excluding hydrogens is 500 g/mol. The van der Waals surface area contributed by atoms with Gasteiger partial charge < -0.3 is 26.0 Å². The van der Waals surface area contributed by atoms with E-state index in [4.69, 9.17) is 21.3 Å². The lowest BCUT2D eigenvalue weighted by molar-refractivity contribution is -0.155. The number of hydrogen-bond acceptors (Lipinski definition) is 7. The standard InChI is InChI=1S/C29H41ClN6O2/c1-28(2)18-15-22(26(37)31-4)29(3,24(28)16-18)36-25-23(30)17-33-27(35-25)34-20-9-11-21(12-10-20)38-14-13-32-19-7-5-6-8-19/h9-12,17-19,22,24,32H,5-8,13-16H2,1-4H3,(H,31,37)(H2,33,34,35,36)/t18-,22-,24-,29+/m1/s1. The van der Waals surface area contributed by atoms with E-state index in [9.17, 15) is 4.79 Å². The number of hydrogen-bond donors (Lipinski definition) is 4. The average molecular weight is 541 g/mol. The number of ether oxygens (including phenoxy) is 1. The monoisotopic (exact) mass is 540 g/mol. The first-order chi connectivity index (χ1) is 18.2. The second kappa shape index (κ2) is 10.9. The van der Waals surface area contributed by atoms with Gasteiger partial charge in [-0.15, -0.1) is 0 Å². The van der Waals surface area contributed by atoms with Gasteiger partial charge in [0.05, 0.1) is 17.7 Å². The van der Waals surface area contributed by atoms with Gasteiger partial charge in [-0.1, -0.05) is 38.3 Å². The van der Waals surface area contributed by atoms with Crippen LogP contribution in [0.25, 0.3) is 0 Å². The molecule has 0 aliphatic heterocycles. The van der Waals surface area contributed by atoms with Gasteiger partial charge in [0.15, 0.2) is 5.82 Å². The van der Waals surface area contributed by atoms with Crippen molar-refractivity contribution < 1.29 is 9.53 Å². The molecule has 1 aromatic heterocycles. The minimum Gasteiger partial charge on any atom is -0.492 e. The van der Waals surface area contributed by atoms with Crippen molar-refractivity contribution in [1.29, 1.82) is 0 Å². The number of amides is 1. The van der Waals surface area contributed by atoms with Crippen LogP contribution in [0.15, 0.2) is 30.5 Å². The van der Waals surface area contributed by atoms with Crippen molar-refractivity contribution >= 4 is 35.0 Å². The molecule has 0 saturated heterocycles. The molecule has 8 nitrogen and oxygen atoms in total. The van der Waals surface area contributed by atoms with E-state index in [0.717, 1.165) is 30.8 Å². The average Bonchev–Trinajstić information content (AvgIpc) is 3.42. The lowest BCUT2D eigenvalue weighted by Crippen LogP contribution is -2.69. The number of nitrogens with one attached hydrogen (secondary N) is 4. The van der Waals surface area contributed by atoms with Gasteiger partial charge in [0.2, 0.25) is 11.9 Å². The Balaban J connectivity index is 1.23. The Labute approximate surface area is 231 Å². The minimum absolute atomic E-state index is 0.0605. The predicted octanol–water partition coefficient (Wildman–Crippen LogP) is 5.38. The summed E-state index contributed by atoms with van der Waals surface area (Å²) in [5.74, 6) is 2.59. The summed E-state index contributed by atoms with van der Waals surface area (Å²) in [5.41, 5.74) is 0.535. The third-order valence-electron chi connectivity index (χ3n) is 9.40. The Morgan fingerprint density at radius 2 is 1.87 bits per heavy atom. The molecule has 4 aliphatic rings. The smallest absolute Gasteiger partial charge is 0.229 e. The van der Waals surface area contributed by atoms with Crippen LogP contribution in [0, 0.1) is 23.2 Å². The number of carbonyl (C=O) groups excluding carboxylic acids is 1. The molecule has 4 fully saturated rings. The van der Waals surface area contributed by atoms with Gasteiger partial charge in [0.25, 0.3) is 0 Å². The molecule has 0 radical (unpaired) electrons. The SMILES string of the molecule is CNC(=O)[C@H]1C[C@@H]2C[C@H](C2(C)C)[C@@]1(C)Nc1nc(Nc2ccc(OCCNC3CCCC3)cc2)ncc1Cl. The summed E-state index contributed by atoms with van der Waals surface area (Å²) in [4.78, 5) is 22.0. The minimum atomic E-state index is -0.473. The fourth-order valence-electron chi connectivity index (χ4n) is 7.03. The first kappa shape index (κ1) is 27.0. The number of halogens is 1. The van der Waals surface area contributed by atoms with Crippen molar-refractivity contribution in [2.24, 2.45) is 23.2 Å². The van der Waals surface area contributed by atoms with Crippen LogP contribution < -0.4 is 26.0 Å². The summed E-state index contributed by atoms with van der Waals surface area (Å²) < 4.78 is 5.89. The highest BCUT2D eigenvalue weighted by atomic mass is 35.5. The zero-order valence-electron chi connectivity index (χ0n) is 22.9. The number of rotatable bonds is 10. The van der Waals surface area contributed by atoms with E-state index in [2.05, 4.69) is 47.0 Å². The Bertz CT molecular complexity index is 1140. The van der Waals surface area contributed by atoms with Crippen LogP contribution >= 0.6 is 11.6 Å². The van der Waals surface area contributed by atoms with Crippen LogP contribution in [-0.4, -0.2) is 47.7 Å². The first-order valence-electron chi connectivity index (χ1n) is 14.0. The molecule has 38 heavy (non-hydrogen) atoms. The van der Waals surface area contributed by atoms with Gasteiger partial charge in [0.1, 0.15) is 17.4 Å². The Morgan fingerprint density at radius 1 is 1.13 bits per heavy atom. The Hall–Kier alpha value is -2.58. The number of benzene rings is 1. The van der Waals surface area contributed by atoms with E-state index in [-0.39, 0.29) is 17.2 Å². The Morgan fingerprint density at radius 3 is 2.55 bits per heavy atom. The van der Waals surface area contributed by atoms with E-state index in [1.165, 1.54) is 25.7 Å². The van der Waals surface area contributed by atoms with Gasteiger partial charge in [-0.3, -0.25) is 4.79 Å². The van der Waals surface area contributed by atoms with Gasteiger partial charge in [-0.2, -0.15) is 4.98 Å². The number of aromatic nitrogens is 2. The molecule has 6 rings (SSSR count). The van der Waals surface area contributed by atoms with Gasteiger partial charge in [-0.05, 0) is 74.1 Å². The van der Waals surface area contributed by atoms with Crippen molar-refractivity contribution in [2.45, 2.75) is 70.9 Å². The van der Waals surface area contributed by atoms with Crippen molar-refractivity contribution in [1.82, 2.24) is 20.6 Å². The van der Waals surface area contributed by atoms with E-state index < -0.39 is 5.54 Å². The molecule has 1 amide bonds. The first-order valence-corrected chi connectivity index (χ1v) is 14.3. The molecule has 0 unspecified atom stereocenters. The summed E-state index contributed by atoms with van der Waals surface area (Å²) in [6, 6.07) is 8.44. The van der Waals surface area contributed by atoms with Gasteiger partial charge in [0, 0.05) is 25.3 Å². The fourth-order valence-corrected chi connectivity index (χ4v) is 7.17. The molecular formula is C29H41ClN6O2. The van der Waals surface area contributed by atoms with Crippen LogP contribution in [0.2, 0.25) is 5.02 Å². The topological polar surface area (TPSA) is 100 Å². The highest BCUT2D eigenvalue weighted by Gasteiger charge is 2.64. The molecule has 2 aromatic rings. The van der Waals surface area contributed by atoms with Crippen LogP contribution in [0.1, 0.15) is 59.3 Å². The lowest BCUT2D eigenvalue weighted by atomic mass is 9.40. The lowest BCUT2D eigenvalue weighted by Gasteiger charge is -2.66. The molecule has 4 aliphatic carbocycles. The molecule has 206 valence electrons. The fraction of sp³-hybridized carbons (Fsp3) is 0.621. The van der Waals surface area contributed by atoms with E-state index in [1.807, 2.05) is 24.3 Å². The summed E-state index contributed by atoms with van der Waals surface area (Å²) in [7, 11) is 1.71. The van der Waals surface area contributed by atoms with Crippen LogP contribution in [0.5, 0.6) is 5.75 Å². The van der Waals surface area contributed by atoms with E-state index in [1.54, 1.807) is 13.2 Å². The van der Waals surface area contributed by atoms with Gasteiger partial charge >= 0.3 is 0 Å². The normalized spacial score (nSPS) is 27.9. The predicted molar refractivity (Wildman–Crippen MR) is 152 cm³/mol. The molecule has 2 bridgehead atoms. The number of carbonyl (C=O) groups is 1. The molecule has 4 N–H and O–H groups in total. The van der Waals surface area contributed by atoms with Crippen molar-refractivity contribution in [3.05, 3.63) is 35.5 Å². The maximum atomic E-state index is 12.9. The highest BCUT2D eigenvalue weighted by molar-refractivity contribution is 6.32. The third-order valence-corrected chi connectivity index (χ3v) is 9.68. The number of anilines is 3. The largest absolute Gasteiger partial charge is 0.492 e. The van der Waals surface area contributed by atoms with Gasteiger partial charge in [-0.25, -0.2) is 4.98 Å². The van der Waals surface area contributed by atoms with Crippen molar-refractivity contribution in [2.75, 3.05) is 30.8 Å².